The van der Waals surface area contributed by atoms with Gasteiger partial charge in [0.1, 0.15) is 6.33 Å². The third kappa shape index (κ3) is 3.87. The minimum Gasteiger partial charge on any atom is -0.481 e. The predicted octanol–water partition coefficient (Wildman–Crippen LogP) is 2.79. The Balaban J connectivity index is 1.66. The van der Waals surface area contributed by atoms with Crippen molar-refractivity contribution in [1.29, 1.82) is 0 Å². The second-order valence-electron chi connectivity index (χ2n) is 6.40. The highest BCUT2D eigenvalue weighted by atomic mass is 16.4. The maximum Gasteiger partial charge on any atom is 0.306 e. The summed E-state index contributed by atoms with van der Waals surface area (Å²) in [5, 5.41) is 20.1. The van der Waals surface area contributed by atoms with E-state index in [4.69, 9.17) is 5.11 Å². The molecule has 2 N–H and O–H groups in total. The van der Waals surface area contributed by atoms with Crippen LogP contribution in [0.2, 0.25) is 0 Å². The van der Waals surface area contributed by atoms with Gasteiger partial charge in [-0.25, -0.2) is 0 Å². The van der Waals surface area contributed by atoms with E-state index in [2.05, 4.69) is 15.5 Å². The van der Waals surface area contributed by atoms with Crippen molar-refractivity contribution in [2.75, 3.05) is 5.32 Å². The summed E-state index contributed by atoms with van der Waals surface area (Å²) in [5.74, 6) is -0.476. The Labute approximate surface area is 146 Å². The second kappa shape index (κ2) is 7.46. The molecule has 0 unspecified atom stereocenters. The lowest BCUT2D eigenvalue weighted by Gasteiger charge is -2.25. The number of carbonyl (C=O) groups excluding carboxylic acids is 1. The fourth-order valence-corrected chi connectivity index (χ4v) is 3.29. The number of hydrogen-bond acceptors (Lipinski definition) is 4. The van der Waals surface area contributed by atoms with Gasteiger partial charge >= 0.3 is 5.97 Å². The molecular formula is C18H22N4O3. The number of aliphatic carboxylic acids is 1. The van der Waals surface area contributed by atoms with E-state index in [0.717, 1.165) is 17.9 Å². The first-order valence-electron chi connectivity index (χ1n) is 8.60. The molecule has 1 aromatic heterocycles. The van der Waals surface area contributed by atoms with Crippen molar-refractivity contribution in [3.8, 4) is 11.4 Å². The number of carboxylic acid groups (broad SMARTS) is 1. The average molecular weight is 342 g/mol. The van der Waals surface area contributed by atoms with E-state index in [1.54, 1.807) is 6.33 Å². The number of carbonyl (C=O) groups is 2. The van der Waals surface area contributed by atoms with E-state index in [1.807, 2.05) is 35.8 Å². The van der Waals surface area contributed by atoms with Gasteiger partial charge in [0, 0.05) is 23.7 Å². The smallest absolute Gasteiger partial charge is 0.306 e. The molecular weight excluding hydrogens is 320 g/mol. The van der Waals surface area contributed by atoms with Crippen molar-refractivity contribution in [3.63, 3.8) is 0 Å². The Morgan fingerprint density at radius 2 is 1.96 bits per heavy atom. The number of anilines is 1. The molecule has 1 heterocycles. The molecule has 1 amide bonds. The van der Waals surface area contributed by atoms with Crippen LogP contribution in [0.15, 0.2) is 30.6 Å². The largest absolute Gasteiger partial charge is 0.481 e. The highest BCUT2D eigenvalue weighted by Gasteiger charge is 2.29. The molecule has 0 spiro atoms. The van der Waals surface area contributed by atoms with Crippen molar-refractivity contribution in [3.05, 3.63) is 30.6 Å². The number of benzene rings is 1. The van der Waals surface area contributed by atoms with Crippen molar-refractivity contribution in [2.24, 2.45) is 11.8 Å². The van der Waals surface area contributed by atoms with Crippen molar-refractivity contribution in [1.82, 2.24) is 14.8 Å². The highest BCUT2D eigenvalue weighted by molar-refractivity contribution is 5.93. The number of rotatable bonds is 5. The lowest BCUT2D eigenvalue weighted by molar-refractivity contribution is -0.143. The molecule has 7 heteroatoms. The summed E-state index contributed by atoms with van der Waals surface area (Å²) in [4.78, 5) is 23.5. The van der Waals surface area contributed by atoms with Gasteiger partial charge in [-0.1, -0.05) is 12.1 Å². The summed E-state index contributed by atoms with van der Waals surface area (Å²) in [6, 6.07) is 7.54. The Kier molecular flexibility index (Phi) is 5.11. The van der Waals surface area contributed by atoms with Crippen LogP contribution in [-0.4, -0.2) is 31.7 Å². The van der Waals surface area contributed by atoms with Crippen LogP contribution in [-0.2, 0) is 16.1 Å². The quantitative estimate of drug-likeness (QED) is 0.871. The summed E-state index contributed by atoms with van der Waals surface area (Å²) < 4.78 is 1.94. The first kappa shape index (κ1) is 17.1. The molecule has 0 radical (unpaired) electrons. The molecule has 1 aromatic carbocycles. The zero-order valence-corrected chi connectivity index (χ0v) is 14.2. The van der Waals surface area contributed by atoms with Crippen molar-refractivity contribution >= 4 is 17.6 Å². The van der Waals surface area contributed by atoms with Crippen LogP contribution < -0.4 is 5.32 Å². The topological polar surface area (TPSA) is 97.1 Å². The van der Waals surface area contributed by atoms with Gasteiger partial charge < -0.3 is 15.0 Å². The third-order valence-electron chi connectivity index (χ3n) is 4.79. The van der Waals surface area contributed by atoms with Crippen LogP contribution in [0, 0.1) is 11.8 Å². The second-order valence-corrected chi connectivity index (χ2v) is 6.40. The highest BCUT2D eigenvalue weighted by Crippen LogP contribution is 2.30. The van der Waals surface area contributed by atoms with Crippen LogP contribution in [0.5, 0.6) is 0 Å². The number of nitrogens with zero attached hydrogens (tertiary/aromatic N) is 3. The average Bonchev–Trinajstić information content (AvgIpc) is 3.11. The van der Waals surface area contributed by atoms with Crippen LogP contribution in [0.25, 0.3) is 11.4 Å². The fourth-order valence-electron chi connectivity index (χ4n) is 3.29. The molecule has 0 atom stereocenters. The Morgan fingerprint density at radius 1 is 1.24 bits per heavy atom. The van der Waals surface area contributed by atoms with Crippen LogP contribution >= 0.6 is 0 Å². The van der Waals surface area contributed by atoms with Crippen molar-refractivity contribution < 1.29 is 14.7 Å². The van der Waals surface area contributed by atoms with E-state index in [-0.39, 0.29) is 17.7 Å². The molecule has 25 heavy (non-hydrogen) atoms. The summed E-state index contributed by atoms with van der Waals surface area (Å²) in [6.07, 6.45) is 4.04. The van der Waals surface area contributed by atoms with Gasteiger partial charge in [0.2, 0.25) is 5.91 Å². The number of nitrogens with one attached hydrogen (secondary N) is 1. The molecule has 0 bridgehead atoms. The number of amides is 1. The SMILES string of the molecule is CCn1cnnc1-c1cccc(NC(=O)C2CCC(C(=O)O)CC2)c1. The lowest BCUT2D eigenvalue weighted by Crippen LogP contribution is -2.29. The van der Waals surface area contributed by atoms with E-state index >= 15 is 0 Å². The lowest BCUT2D eigenvalue weighted by atomic mass is 9.81. The Hall–Kier alpha value is -2.70. The predicted molar refractivity (Wildman–Crippen MR) is 92.8 cm³/mol. The van der Waals surface area contributed by atoms with Crippen LogP contribution in [0.1, 0.15) is 32.6 Å². The molecule has 2 aromatic rings. The van der Waals surface area contributed by atoms with E-state index in [9.17, 15) is 9.59 Å². The van der Waals surface area contributed by atoms with Crippen LogP contribution in [0.3, 0.4) is 0 Å². The third-order valence-corrected chi connectivity index (χ3v) is 4.79. The van der Waals surface area contributed by atoms with E-state index < -0.39 is 5.97 Å². The van der Waals surface area contributed by atoms with E-state index in [1.165, 1.54) is 0 Å². The summed E-state index contributed by atoms with van der Waals surface area (Å²) >= 11 is 0. The monoisotopic (exact) mass is 342 g/mol. The molecule has 1 aliphatic rings. The number of aromatic nitrogens is 3. The molecule has 3 rings (SSSR count). The molecule has 1 saturated carbocycles. The Bertz CT molecular complexity index is 763. The normalized spacial score (nSPS) is 20.2. The van der Waals surface area contributed by atoms with Gasteiger partial charge in [0.25, 0.3) is 0 Å². The molecule has 132 valence electrons. The maximum absolute atomic E-state index is 12.5. The summed E-state index contributed by atoms with van der Waals surface area (Å²) in [7, 11) is 0. The molecule has 1 aliphatic carbocycles. The zero-order valence-electron chi connectivity index (χ0n) is 14.2. The minimum absolute atomic E-state index is 0.0436. The maximum atomic E-state index is 12.5. The van der Waals surface area contributed by atoms with Crippen LogP contribution in [0.4, 0.5) is 5.69 Å². The van der Waals surface area contributed by atoms with E-state index in [0.29, 0.717) is 31.4 Å². The minimum atomic E-state index is -0.758. The first-order chi connectivity index (χ1) is 12.1. The van der Waals surface area contributed by atoms with Crippen molar-refractivity contribution in [2.45, 2.75) is 39.2 Å². The molecule has 1 fully saturated rings. The number of aryl methyl sites for hydroxylation is 1. The van der Waals surface area contributed by atoms with Gasteiger partial charge in [-0.15, -0.1) is 10.2 Å². The van der Waals surface area contributed by atoms with Gasteiger partial charge in [-0.3, -0.25) is 9.59 Å². The summed E-state index contributed by atoms with van der Waals surface area (Å²) in [6.45, 7) is 2.79. The Morgan fingerprint density at radius 3 is 2.64 bits per heavy atom. The molecule has 7 nitrogen and oxygen atoms in total. The fraction of sp³-hybridized carbons (Fsp3) is 0.444. The first-order valence-corrected chi connectivity index (χ1v) is 8.60. The van der Waals surface area contributed by atoms with Gasteiger partial charge in [-0.2, -0.15) is 0 Å². The van der Waals surface area contributed by atoms with Gasteiger partial charge in [-0.05, 0) is 44.7 Å². The van der Waals surface area contributed by atoms with Gasteiger partial charge in [0.15, 0.2) is 5.82 Å². The number of hydrogen-bond donors (Lipinski definition) is 2. The molecule has 0 aliphatic heterocycles. The molecule has 0 saturated heterocycles. The number of carboxylic acids is 1. The standard InChI is InChI=1S/C18H22N4O3/c1-2-22-11-19-21-16(22)14-4-3-5-15(10-14)20-17(23)12-6-8-13(9-7-12)18(24)25/h3-5,10-13H,2,6-9H2,1H3,(H,20,23)(H,24,25). The zero-order chi connectivity index (χ0) is 17.8. The summed E-state index contributed by atoms with van der Waals surface area (Å²) in [5.41, 5.74) is 1.61. The van der Waals surface area contributed by atoms with Gasteiger partial charge in [0.05, 0.1) is 5.92 Å².